The molecule has 1 amide bonds. The fraction of sp³-hybridized carbons (Fsp3) is 0.533. The lowest BCUT2D eigenvalue weighted by atomic mass is 10.2. The predicted molar refractivity (Wildman–Crippen MR) is 94.8 cm³/mol. The van der Waals surface area contributed by atoms with Crippen molar-refractivity contribution in [1.29, 1.82) is 0 Å². The average Bonchev–Trinajstić information content (AvgIpc) is 2.96. The molecule has 1 fully saturated rings. The van der Waals surface area contributed by atoms with Crippen LogP contribution >= 0.6 is 0 Å². The summed E-state index contributed by atoms with van der Waals surface area (Å²) in [5.74, 6) is -0.0707. The molecule has 1 unspecified atom stereocenters. The second-order valence-corrected chi connectivity index (χ2v) is 10.2. The first-order chi connectivity index (χ1) is 11.6. The van der Waals surface area contributed by atoms with E-state index in [9.17, 15) is 21.6 Å². The van der Waals surface area contributed by atoms with Crippen LogP contribution in [0.1, 0.15) is 12.8 Å². The quantitative estimate of drug-likeness (QED) is 0.725. The summed E-state index contributed by atoms with van der Waals surface area (Å²) >= 11 is 0. The molecule has 0 aromatic heterocycles. The minimum Gasteiger partial charge on any atom is -0.492 e. The molecule has 2 rings (SSSR count). The van der Waals surface area contributed by atoms with Gasteiger partial charge >= 0.3 is 0 Å². The number of amides is 1. The second kappa shape index (κ2) is 7.71. The summed E-state index contributed by atoms with van der Waals surface area (Å²) in [5, 5.41) is 2.69. The third kappa shape index (κ3) is 5.98. The van der Waals surface area contributed by atoms with Crippen molar-refractivity contribution in [3.63, 3.8) is 0 Å². The maximum absolute atomic E-state index is 12.4. The summed E-state index contributed by atoms with van der Waals surface area (Å²) in [5.41, 5.74) is 0.460. The molecule has 10 heteroatoms. The van der Waals surface area contributed by atoms with Crippen molar-refractivity contribution in [3.05, 3.63) is 24.3 Å². The number of benzene rings is 1. The van der Waals surface area contributed by atoms with Gasteiger partial charge in [0, 0.05) is 24.6 Å². The zero-order valence-corrected chi connectivity index (χ0v) is 15.8. The number of sulfonamides is 1. The number of carbonyl (C=O) groups is 1. The first kappa shape index (κ1) is 19.7. The summed E-state index contributed by atoms with van der Waals surface area (Å²) in [4.78, 5) is 12.4. The summed E-state index contributed by atoms with van der Waals surface area (Å²) < 4.78 is 52.2. The van der Waals surface area contributed by atoms with E-state index in [2.05, 4.69) is 5.32 Å². The molecule has 25 heavy (non-hydrogen) atoms. The number of nitrogens with one attached hydrogen (secondary N) is 1. The maximum atomic E-state index is 12.4. The minimum atomic E-state index is -3.43. The van der Waals surface area contributed by atoms with E-state index in [-0.39, 0.29) is 12.4 Å². The van der Waals surface area contributed by atoms with Crippen LogP contribution in [0.2, 0.25) is 0 Å². The van der Waals surface area contributed by atoms with Gasteiger partial charge < -0.3 is 10.1 Å². The first-order valence-corrected chi connectivity index (χ1v) is 11.7. The van der Waals surface area contributed by atoms with Crippen LogP contribution in [0.4, 0.5) is 5.69 Å². The van der Waals surface area contributed by atoms with Crippen molar-refractivity contribution in [2.24, 2.45) is 0 Å². The highest BCUT2D eigenvalue weighted by atomic mass is 32.2. The molecular weight excluding hydrogens is 368 g/mol. The Labute approximate surface area is 148 Å². The maximum Gasteiger partial charge on any atom is 0.242 e. The fourth-order valence-corrected chi connectivity index (χ4v) is 4.11. The molecule has 0 aliphatic carbocycles. The zero-order valence-electron chi connectivity index (χ0n) is 14.1. The molecule has 0 spiro atoms. The highest BCUT2D eigenvalue weighted by molar-refractivity contribution is 7.90. The van der Waals surface area contributed by atoms with Gasteiger partial charge in [0.1, 0.15) is 18.4 Å². The van der Waals surface area contributed by atoms with Gasteiger partial charge in [-0.25, -0.2) is 16.8 Å². The molecule has 0 bridgehead atoms. The van der Waals surface area contributed by atoms with Crippen molar-refractivity contribution in [3.8, 4) is 5.75 Å². The molecule has 1 heterocycles. The Kier molecular flexibility index (Phi) is 6.07. The van der Waals surface area contributed by atoms with Gasteiger partial charge in [0.05, 0.1) is 12.0 Å². The first-order valence-electron chi connectivity index (χ1n) is 7.74. The minimum absolute atomic E-state index is 0.0146. The van der Waals surface area contributed by atoms with Crippen molar-refractivity contribution in [2.45, 2.75) is 18.9 Å². The molecule has 1 saturated heterocycles. The standard InChI is InChI=1S/C15H22N2O6S2/c1-24(19,20)10-9-23-13-6-3-5-12(11-13)16-15(18)14-7-4-8-17(14)25(2,21)22/h3,5-6,11,14H,4,7-10H2,1-2H3,(H,16,18). The van der Waals surface area contributed by atoms with Crippen LogP contribution in [-0.2, 0) is 24.7 Å². The fourth-order valence-electron chi connectivity index (χ4n) is 2.60. The second-order valence-electron chi connectivity index (χ2n) is 6.03. The van der Waals surface area contributed by atoms with E-state index in [4.69, 9.17) is 4.74 Å². The van der Waals surface area contributed by atoms with Crippen LogP contribution in [0.5, 0.6) is 5.75 Å². The third-order valence-electron chi connectivity index (χ3n) is 3.76. The van der Waals surface area contributed by atoms with E-state index in [0.717, 1.165) is 12.5 Å². The van der Waals surface area contributed by atoms with E-state index < -0.39 is 31.8 Å². The normalized spacial score (nSPS) is 18.9. The van der Waals surface area contributed by atoms with Crippen LogP contribution in [0, 0.1) is 0 Å². The Morgan fingerprint density at radius 3 is 2.64 bits per heavy atom. The van der Waals surface area contributed by atoms with E-state index in [1.54, 1.807) is 24.3 Å². The molecule has 1 aliphatic rings. The van der Waals surface area contributed by atoms with Crippen molar-refractivity contribution >= 4 is 31.5 Å². The molecule has 0 radical (unpaired) electrons. The van der Waals surface area contributed by atoms with Gasteiger partial charge in [0.25, 0.3) is 0 Å². The van der Waals surface area contributed by atoms with E-state index >= 15 is 0 Å². The van der Waals surface area contributed by atoms with E-state index in [0.29, 0.717) is 30.8 Å². The molecule has 1 aliphatic heterocycles. The van der Waals surface area contributed by atoms with Gasteiger partial charge in [-0.15, -0.1) is 0 Å². The van der Waals surface area contributed by atoms with Crippen molar-refractivity contribution in [1.82, 2.24) is 4.31 Å². The van der Waals surface area contributed by atoms with Gasteiger partial charge in [-0.05, 0) is 25.0 Å². The summed E-state index contributed by atoms with van der Waals surface area (Å²) in [6.45, 7) is 0.353. The smallest absolute Gasteiger partial charge is 0.242 e. The topological polar surface area (TPSA) is 110 Å². The molecule has 1 N–H and O–H groups in total. The van der Waals surface area contributed by atoms with Gasteiger partial charge in [0.2, 0.25) is 15.9 Å². The number of rotatable bonds is 7. The largest absolute Gasteiger partial charge is 0.492 e. The van der Waals surface area contributed by atoms with E-state index in [1.165, 1.54) is 4.31 Å². The van der Waals surface area contributed by atoms with Crippen LogP contribution in [0.15, 0.2) is 24.3 Å². The lowest BCUT2D eigenvalue weighted by molar-refractivity contribution is -0.119. The Morgan fingerprint density at radius 1 is 1.28 bits per heavy atom. The molecule has 1 aromatic rings. The molecule has 1 atom stereocenters. The van der Waals surface area contributed by atoms with Crippen LogP contribution in [0.25, 0.3) is 0 Å². The summed E-state index contributed by atoms with van der Waals surface area (Å²) in [6, 6.07) is 5.82. The number of nitrogens with zero attached hydrogens (tertiary/aromatic N) is 1. The summed E-state index contributed by atoms with van der Waals surface area (Å²) in [6.07, 6.45) is 3.33. The third-order valence-corrected chi connectivity index (χ3v) is 5.95. The number of sulfone groups is 1. The van der Waals surface area contributed by atoms with Crippen LogP contribution < -0.4 is 10.1 Å². The molecule has 0 saturated carbocycles. The molecular formula is C15H22N2O6S2. The Hall–Kier alpha value is -1.65. The predicted octanol–water partition coefficient (Wildman–Crippen LogP) is 0.473. The Morgan fingerprint density at radius 2 is 2.00 bits per heavy atom. The lowest BCUT2D eigenvalue weighted by Crippen LogP contribution is -2.42. The Bertz CT molecular complexity index is 835. The van der Waals surface area contributed by atoms with Gasteiger partial charge in [-0.1, -0.05) is 6.07 Å². The highest BCUT2D eigenvalue weighted by Gasteiger charge is 2.36. The van der Waals surface area contributed by atoms with Crippen LogP contribution in [-0.4, -0.2) is 64.5 Å². The van der Waals surface area contributed by atoms with Gasteiger partial charge in [0.15, 0.2) is 9.84 Å². The molecule has 1 aromatic carbocycles. The van der Waals surface area contributed by atoms with Gasteiger partial charge in [-0.3, -0.25) is 4.79 Å². The monoisotopic (exact) mass is 390 g/mol. The number of hydrogen-bond donors (Lipinski definition) is 1. The zero-order chi connectivity index (χ0) is 18.7. The number of anilines is 1. The SMILES string of the molecule is CS(=O)(=O)CCOc1cccc(NC(=O)C2CCCN2S(C)(=O)=O)c1. The van der Waals surface area contributed by atoms with Crippen LogP contribution in [0.3, 0.4) is 0 Å². The summed E-state index contributed by atoms with van der Waals surface area (Å²) in [7, 11) is -6.54. The average molecular weight is 390 g/mol. The van der Waals surface area contributed by atoms with Crippen molar-refractivity contribution in [2.75, 3.05) is 36.7 Å². The lowest BCUT2D eigenvalue weighted by Gasteiger charge is -2.21. The van der Waals surface area contributed by atoms with Gasteiger partial charge in [-0.2, -0.15) is 4.31 Å². The van der Waals surface area contributed by atoms with E-state index in [1.807, 2.05) is 0 Å². The number of carbonyl (C=O) groups excluding carboxylic acids is 1. The van der Waals surface area contributed by atoms with Crippen molar-refractivity contribution < 1.29 is 26.4 Å². The molecule has 8 nitrogen and oxygen atoms in total. The highest BCUT2D eigenvalue weighted by Crippen LogP contribution is 2.23. The number of hydrogen-bond acceptors (Lipinski definition) is 6. The Balaban J connectivity index is 2.00. The number of ether oxygens (including phenoxy) is 1. The molecule has 140 valence electrons.